The maximum absolute atomic E-state index is 11.9. The summed E-state index contributed by atoms with van der Waals surface area (Å²) in [4.78, 5) is 24.4. The molecule has 1 fully saturated rings. The van der Waals surface area contributed by atoms with Crippen LogP contribution in [0.3, 0.4) is 0 Å². The fourth-order valence-electron chi connectivity index (χ4n) is 3.07. The molecule has 1 saturated heterocycles. The third-order valence-corrected chi connectivity index (χ3v) is 4.10. The third kappa shape index (κ3) is 3.73. The summed E-state index contributed by atoms with van der Waals surface area (Å²) < 4.78 is 11.1. The van der Waals surface area contributed by atoms with Gasteiger partial charge in [0, 0.05) is 6.04 Å². The molecule has 1 aromatic rings. The van der Waals surface area contributed by atoms with Crippen LogP contribution >= 0.6 is 0 Å². The number of aliphatic carboxylic acids is 1. The van der Waals surface area contributed by atoms with E-state index >= 15 is 0 Å². The molecule has 0 saturated carbocycles. The number of carboxylic acids is 1. The van der Waals surface area contributed by atoms with Crippen LogP contribution in [0.15, 0.2) is 18.2 Å². The summed E-state index contributed by atoms with van der Waals surface area (Å²) in [6.07, 6.45) is 1.97. The highest BCUT2D eigenvalue weighted by Crippen LogP contribution is 2.37. The zero-order chi connectivity index (χ0) is 16.2. The molecular weight excluding hydrogens is 300 g/mol. The van der Waals surface area contributed by atoms with Crippen LogP contribution in [-0.2, 0) is 9.59 Å². The molecule has 0 spiro atoms. The van der Waals surface area contributed by atoms with Crippen LogP contribution in [0.4, 0.5) is 0 Å². The van der Waals surface area contributed by atoms with Crippen LogP contribution in [0.5, 0.6) is 11.5 Å². The molecule has 0 aromatic heterocycles. The Labute approximate surface area is 134 Å². The fourth-order valence-corrected chi connectivity index (χ4v) is 3.07. The number of hydrogen-bond donors (Lipinski definition) is 2. The smallest absolute Gasteiger partial charge is 0.322 e. The molecule has 2 heterocycles. The van der Waals surface area contributed by atoms with Crippen molar-refractivity contribution in [1.29, 1.82) is 0 Å². The molecule has 7 nitrogen and oxygen atoms in total. The number of carboxylic acid groups (broad SMARTS) is 1. The predicted octanol–water partition coefficient (Wildman–Crippen LogP) is 0.795. The number of ether oxygens (including phenoxy) is 2. The van der Waals surface area contributed by atoms with Gasteiger partial charge in [-0.2, -0.15) is 0 Å². The van der Waals surface area contributed by atoms with Crippen molar-refractivity contribution in [3.8, 4) is 11.5 Å². The van der Waals surface area contributed by atoms with E-state index in [1.54, 1.807) is 0 Å². The van der Waals surface area contributed by atoms with E-state index in [4.69, 9.17) is 14.6 Å². The number of benzene rings is 1. The van der Waals surface area contributed by atoms with Crippen molar-refractivity contribution in [2.24, 2.45) is 0 Å². The minimum atomic E-state index is -1.04. The Balaban J connectivity index is 1.66. The second kappa shape index (κ2) is 6.87. The van der Waals surface area contributed by atoms with Gasteiger partial charge >= 0.3 is 5.97 Å². The van der Waals surface area contributed by atoms with Crippen molar-refractivity contribution < 1.29 is 24.2 Å². The molecule has 2 aliphatic rings. The molecule has 1 amide bonds. The Kier molecular flexibility index (Phi) is 4.66. The second-order valence-electron chi connectivity index (χ2n) is 5.70. The number of carbonyl (C=O) groups excluding carboxylic acids is 1. The lowest BCUT2D eigenvalue weighted by Gasteiger charge is -2.26. The van der Waals surface area contributed by atoms with Gasteiger partial charge in [-0.25, -0.2) is 0 Å². The van der Waals surface area contributed by atoms with Gasteiger partial charge < -0.3 is 19.9 Å². The monoisotopic (exact) mass is 320 g/mol. The number of amides is 1. The first-order chi connectivity index (χ1) is 11.1. The minimum absolute atomic E-state index is 0.140. The van der Waals surface area contributed by atoms with Gasteiger partial charge in [-0.05, 0) is 37.1 Å². The summed E-state index contributed by atoms with van der Waals surface area (Å²) in [5, 5.41) is 11.0. The average molecular weight is 320 g/mol. The first-order valence-electron chi connectivity index (χ1n) is 7.75. The summed E-state index contributed by atoms with van der Waals surface area (Å²) in [6.45, 7) is 1.78. The Morgan fingerprint density at radius 3 is 2.83 bits per heavy atom. The lowest BCUT2D eigenvalue weighted by Crippen LogP contribution is -2.39. The van der Waals surface area contributed by atoms with Crippen LogP contribution in [0.2, 0.25) is 0 Å². The maximum atomic E-state index is 11.9. The summed E-state index contributed by atoms with van der Waals surface area (Å²) >= 11 is 0. The summed E-state index contributed by atoms with van der Waals surface area (Å²) in [6, 6.07) is 6.03. The number of fused-ring (bicyclic) bond motifs is 1. The van der Waals surface area contributed by atoms with Crippen molar-refractivity contribution in [3.05, 3.63) is 23.8 Å². The van der Waals surface area contributed by atoms with Gasteiger partial charge in [0.15, 0.2) is 11.5 Å². The van der Waals surface area contributed by atoms with Crippen LogP contribution in [0.1, 0.15) is 24.4 Å². The molecule has 0 bridgehead atoms. The van der Waals surface area contributed by atoms with Gasteiger partial charge in [-0.15, -0.1) is 0 Å². The van der Waals surface area contributed by atoms with Crippen molar-refractivity contribution in [2.75, 3.05) is 32.8 Å². The molecule has 124 valence electrons. The highest BCUT2D eigenvalue weighted by Gasteiger charge is 2.28. The Bertz CT molecular complexity index is 604. The normalized spacial score (nSPS) is 20.3. The minimum Gasteiger partial charge on any atom is -0.486 e. The second-order valence-corrected chi connectivity index (χ2v) is 5.70. The highest BCUT2D eigenvalue weighted by molar-refractivity contribution is 5.82. The molecule has 2 N–H and O–H groups in total. The number of rotatable bonds is 5. The number of likely N-dealkylation sites (tertiary alicyclic amines) is 1. The van der Waals surface area contributed by atoms with E-state index in [9.17, 15) is 9.59 Å². The molecular formula is C16H20N2O5. The molecule has 3 rings (SSSR count). The highest BCUT2D eigenvalue weighted by atomic mass is 16.6. The third-order valence-electron chi connectivity index (χ3n) is 4.10. The number of nitrogens with zero attached hydrogens (tertiary/aromatic N) is 1. The van der Waals surface area contributed by atoms with Gasteiger partial charge in [-0.3, -0.25) is 14.5 Å². The van der Waals surface area contributed by atoms with Gasteiger partial charge in [0.1, 0.15) is 19.8 Å². The molecule has 2 aliphatic heterocycles. The first-order valence-corrected chi connectivity index (χ1v) is 7.75. The van der Waals surface area contributed by atoms with Gasteiger partial charge in [0.05, 0.1) is 6.54 Å². The fraction of sp³-hybridized carbons (Fsp3) is 0.500. The van der Waals surface area contributed by atoms with E-state index in [2.05, 4.69) is 10.2 Å². The zero-order valence-corrected chi connectivity index (χ0v) is 12.8. The van der Waals surface area contributed by atoms with Gasteiger partial charge in [0.2, 0.25) is 5.91 Å². The van der Waals surface area contributed by atoms with Crippen LogP contribution in [-0.4, -0.2) is 54.7 Å². The Morgan fingerprint density at radius 1 is 1.26 bits per heavy atom. The Morgan fingerprint density at radius 2 is 2.04 bits per heavy atom. The standard InChI is InChI=1S/C16H20N2O5/c19-15(17-9-16(20)21)10-18-5-1-2-12(18)11-3-4-13-14(8-11)23-7-6-22-13/h3-4,8,12H,1-2,5-7,9-10H2,(H,17,19)(H,20,21). The molecule has 1 unspecified atom stereocenters. The van der Waals surface area contributed by atoms with E-state index in [0.717, 1.165) is 36.4 Å². The van der Waals surface area contributed by atoms with E-state index in [1.165, 1.54) is 0 Å². The van der Waals surface area contributed by atoms with Crippen LogP contribution < -0.4 is 14.8 Å². The predicted molar refractivity (Wildman–Crippen MR) is 81.6 cm³/mol. The van der Waals surface area contributed by atoms with Crippen LogP contribution in [0, 0.1) is 0 Å². The lowest BCUT2D eigenvalue weighted by molar-refractivity contribution is -0.138. The molecule has 0 radical (unpaired) electrons. The van der Waals surface area contributed by atoms with E-state index < -0.39 is 5.97 Å². The summed E-state index contributed by atoms with van der Waals surface area (Å²) in [5.74, 6) is 0.194. The van der Waals surface area contributed by atoms with Crippen molar-refractivity contribution in [3.63, 3.8) is 0 Å². The largest absolute Gasteiger partial charge is 0.486 e. The topological polar surface area (TPSA) is 88.1 Å². The first kappa shape index (κ1) is 15.6. The molecule has 23 heavy (non-hydrogen) atoms. The molecule has 1 atom stereocenters. The quantitative estimate of drug-likeness (QED) is 0.834. The Hall–Kier alpha value is -2.28. The number of nitrogens with one attached hydrogen (secondary N) is 1. The zero-order valence-electron chi connectivity index (χ0n) is 12.8. The van der Waals surface area contributed by atoms with Crippen molar-refractivity contribution in [2.45, 2.75) is 18.9 Å². The maximum Gasteiger partial charge on any atom is 0.322 e. The average Bonchev–Trinajstić information content (AvgIpc) is 3.00. The van der Waals surface area contributed by atoms with E-state index in [0.29, 0.717) is 13.2 Å². The number of hydrogen-bond acceptors (Lipinski definition) is 5. The molecule has 0 aliphatic carbocycles. The lowest BCUT2D eigenvalue weighted by atomic mass is 10.0. The van der Waals surface area contributed by atoms with E-state index in [1.807, 2.05) is 18.2 Å². The van der Waals surface area contributed by atoms with Crippen molar-refractivity contribution >= 4 is 11.9 Å². The van der Waals surface area contributed by atoms with Crippen molar-refractivity contribution in [1.82, 2.24) is 10.2 Å². The summed E-state index contributed by atoms with van der Waals surface area (Å²) in [7, 11) is 0. The summed E-state index contributed by atoms with van der Waals surface area (Å²) in [5.41, 5.74) is 1.10. The van der Waals surface area contributed by atoms with Gasteiger partial charge in [0.25, 0.3) is 0 Å². The number of carbonyl (C=O) groups is 2. The molecule has 7 heteroatoms. The van der Waals surface area contributed by atoms with Crippen LogP contribution in [0.25, 0.3) is 0 Å². The van der Waals surface area contributed by atoms with Gasteiger partial charge in [-0.1, -0.05) is 6.07 Å². The van der Waals surface area contributed by atoms with E-state index in [-0.39, 0.29) is 25.0 Å². The molecule has 1 aromatic carbocycles. The SMILES string of the molecule is O=C(O)CNC(=O)CN1CCCC1c1ccc2c(c1)OCCO2.